The van der Waals surface area contributed by atoms with Gasteiger partial charge in [0.05, 0.1) is 17.8 Å². The number of aliphatic hydroxyl groups excluding tert-OH is 1. The van der Waals surface area contributed by atoms with Gasteiger partial charge in [-0.2, -0.15) is 0 Å². The lowest BCUT2D eigenvalue weighted by atomic mass is 9.92. The van der Waals surface area contributed by atoms with Gasteiger partial charge < -0.3 is 15.3 Å². The fourth-order valence-corrected chi connectivity index (χ4v) is 2.49. The maximum atomic E-state index is 13.5. The molecule has 0 spiro atoms. The molecule has 2 amide bonds. The molecule has 2 rings (SSSR count). The molecule has 1 aromatic carbocycles. The Bertz CT molecular complexity index is 496. The zero-order chi connectivity index (χ0) is 14.7. The van der Waals surface area contributed by atoms with Gasteiger partial charge in [0.25, 0.3) is 0 Å². The normalized spacial score (nSPS) is 22.4. The minimum atomic E-state index is -0.823. The van der Waals surface area contributed by atoms with Crippen LogP contribution in [0.3, 0.4) is 0 Å². The molecule has 1 aromatic rings. The van der Waals surface area contributed by atoms with E-state index in [1.165, 1.54) is 11.0 Å². The van der Waals surface area contributed by atoms with Crippen molar-refractivity contribution in [2.75, 3.05) is 12.4 Å². The highest BCUT2D eigenvalue weighted by Crippen LogP contribution is 2.23. The van der Waals surface area contributed by atoms with Crippen molar-refractivity contribution in [3.05, 3.63) is 29.8 Å². The van der Waals surface area contributed by atoms with Gasteiger partial charge in [-0.1, -0.05) is 12.8 Å². The van der Waals surface area contributed by atoms with Gasteiger partial charge in [-0.25, -0.2) is 13.6 Å². The molecular weight excluding hydrogens is 266 g/mol. The van der Waals surface area contributed by atoms with E-state index >= 15 is 0 Å². The van der Waals surface area contributed by atoms with Crippen molar-refractivity contribution in [2.24, 2.45) is 0 Å². The van der Waals surface area contributed by atoms with E-state index in [4.69, 9.17) is 0 Å². The minimum Gasteiger partial charge on any atom is -0.391 e. The van der Waals surface area contributed by atoms with Crippen LogP contribution in [0.4, 0.5) is 19.3 Å². The summed E-state index contributed by atoms with van der Waals surface area (Å²) in [6.07, 6.45) is 2.71. The Morgan fingerprint density at radius 1 is 1.35 bits per heavy atom. The van der Waals surface area contributed by atoms with Crippen molar-refractivity contribution in [1.82, 2.24) is 4.90 Å². The van der Waals surface area contributed by atoms with Crippen LogP contribution in [0.15, 0.2) is 18.2 Å². The molecule has 0 aromatic heterocycles. The molecule has 1 saturated carbocycles. The minimum absolute atomic E-state index is 0.0754. The number of halogens is 2. The number of likely N-dealkylation sites (N-methyl/N-ethyl adjacent to an activating group) is 1. The van der Waals surface area contributed by atoms with E-state index in [2.05, 4.69) is 5.32 Å². The van der Waals surface area contributed by atoms with Crippen LogP contribution in [0.25, 0.3) is 0 Å². The molecule has 0 aliphatic heterocycles. The van der Waals surface area contributed by atoms with E-state index in [0.717, 1.165) is 25.3 Å². The topological polar surface area (TPSA) is 52.6 Å². The molecule has 0 saturated heterocycles. The number of nitrogens with one attached hydrogen (secondary N) is 1. The van der Waals surface area contributed by atoms with Crippen LogP contribution < -0.4 is 5.32 Å². The average Bonchev–Trinajstić information content (AvgIpc) is 2.41. The SMILES string of the molecule is CN(C(=O)Nc1ccc(F)cc1F)C1CCCCC1O. The van der Waals surface area contributed by atoms with Crippen molar-refractivity contribution in [3.63, 3.8) is 0 Å². The number of anilines is 1. The van der Waals surface area contributed by atoms with Crippen LogP contribution in [-0.2, 0) is 0 Å². The summed E-state index contributed by atoms with van der Waals surface area (Å²) in [4.78, 5) is 13.4. The highest BCUT2D eigenvalue weighted by atomic mass is 19.1. The van der Waals surface area contributed by atoms with Crippen LogP contribution in [0.1, 0.15) is 25.7 Å². The Labute approximate surface area is 116 Å². The van der Waals surface area contributed by atoms with E-state index in [1.807, 2.05) is 0 Å². The lowest BCUT2D eigenvalue weighted by Crippen LogP contribution is -2.47. The Morgan fingerprint density at radius 2 is 2.05 bits per heavy atom. The number of benzene rings is 1. The Morgan fingerprint density at radius 3 is 2.70 bits per heavy atom. The Balaban J connectivity index is 2.03. The van der Waals surface area contributed by atoms with Gasteiger partial charge >= 0.3 is 6.03 Å². The fourth-order valence-electron chi connectivity index (χ4n) is 2.49. The molecule has 0 radical (unpaired) electrons. The molecule has 20 heavy (non-hydrogen) atoms. The number of nitrogens with zero attached hydrogens (tertiary/aromatic N) is 1. The van der Waals surface area contributed by atoms with Gasteiger partial charge in [0.15, 0.2) is 0 Å². The predicted molar refractivity (Wildman–Crippen MR) is 71.4 cm³/mol. The third-order valence-electron chi connectivity index (χ3n) is 3.68. The number of aliphatic hydroxyl groups is 1. The molecule has 110 valence electrons. The van der Waals surface area contributed by atoms with Crippen molar-refractivity contribution in [2.45, 2.75) is 37.8 Å². The highest BCUT2D eigenvalue weighted by Gasteiger charge is 2.29. The van der Waals surface area contributed by atoms with E-state index < -0.39 is 23.8 Å². The third kappa shape index (κ3) is 3.25. The summed E-state index contributed by atoms with van der Waals surface area (Å²) in [5.41, 5.74) is -0.0754. The van der Waals surface area contributed by atoms with Gasteiger partial charge in [-0.3, -0.25) is 0 Å². The zero-order valence-electron chi connectivity index (χ0n) is 11.3. The Hall–Kier alpha value is -1.69. The van der Waals surface area contributed by atoms with Crippen LogP contribution in [0.5, 0.6) is 0 Å². The molecule has 0 bridgehead atoms. The largest absolute Gasteiger partial charge is 0.391 e. The van der Waals surface area contributed by atoms with Gasteiger partial charge in [-0.05, 0) is 25.0 Å². The number of carbonyl (C=O) groups is 1. The number of amides is 2. The molecule has 1 aliphatic rings. The molecule has 1 aliphatic carbocycles. The smallest absolute Gasteiger partial charge is 0.322 e. The molecule has 6 heteroatoms. The first-order valence-electron chi connectivity index (χ1n) is 6.66. The van der Waals surface area contributed by atoms with Crippen molar-refractivity contribution in [3.8, 4) is 0 Å². The quantitative estimate of drug-likeness (QED) is 0.877. The summed E-state index contributed by atoms with van der Waals surface area (Å²) < 4.78 is 26.3. The number of hydrogen-bond donors (Lipinski definition) is 2. The summed E-state index contributed by atoms with van der Waals surface area (Å²) in [6.45, 7) is 0. The first-order valence-corrected chi connectivity index (χ1v) is 6.66. The molecule has 2 unspecified atom stereocenters. The van der Waals surface area contributed by atoms with Gasteiger partial charge in [0.1, 0.15) is 11.6 Å². The summed E-state index contributed by atoms with van der Waals surface area (Å²) in [5, 5.41) is 12.3. The number of rotatable bonds is 2. The first-order chi connectivity index (χ1) is 9.49. The number of urea groups is 1. The Kier molecular flexibility index (Phi) is 4.54. The van der Waals surface area contributed by atoms with Crippen molar-refractivity contribution >= 4 is 11.7 Å². The average molecular weight is 284 g/mol. The molecule has 0 heterocycles. The second-order valence-electron chi connectivity index (χ2n) is 5.08. The number of hydrogen-bond acceptors (Lipinski definition) is 2. The van der Waals surface area contributed by atoms with Gasteiger partial charge in [0.2, 0.25) is 0 Å². The van der Waals surface area contributed by atoms with Crippen LogP contribution in [0, 0.1) is 11.6 Å². The van der Waals surface area contributed by atoms with Crippen LogP contribution in [0.2, 0.25) is 0 Å². The molecule has 1 fully saturated rings. The van der Waals surface area contributed by atoms with E-state index in [9.17, 15) is 18.7 Å². The molecule has 2 atom stereocenters. The summed E-state index contributed by atoms with van der Waals surface area (Å²) in [5.74, 6) is -1.52. The van der Waals surface area contributed by atoms with Crippen LogP contribution in [-0.4, -0.2) is 35.2 Å². The van der Waals surface area contributed by atoms with Crippen LogP contribution >= 0.6 is 0 Å². The zero-order valence-corrected chi connectivity index (χ0v) is 11.3. The van der Waals surface area contributed by atoms with E-state index in [-0.39, 0.29) is 11.7 Å². The summed E-state index contributed by atoms with van der Waals surface area (Å²) in [6, 6.07) is 2.18. The van der Waals surface area contributed by atoms with E-state index in [1.54, 1.807) is 7.05 Å². The monoisotopic (exact) mass is 284 g/mol. The maximum absolute atomic E-state index is 13.5. The molecule has 4 nitrogen and oxygen atoms in total. The predicted octanol–water partition coefficient (Wildman–Crippen LogP) is 2.73. The summed E-state index contributed by atoms with van der Waals surface area (Å²) in [7, 11) is 1.57. The van der Waals surface area contributed by atoms with Gasteiger partial charge in [-0.15, -0.1) is 0 Å². The maximum Gasteiger partial charge on any atom is 0.322 e. The summed E-state index contributed by atoms with van der Waals surface area (Å²) >= 11 is 0. The first kappa shape index (κ1) is 14.7. The third-order valence-corrected chi connectivity index (χ3v) is 3.68. The lowest BCUT2D eigenvalue weighted by molar-refractivity contribution is 0.0494. The fraction of sp³-hybridized carbons (Fsp3) is 0.500. The van der Waals surface area contributed by atoms with Gasteiger partial charge in [0, 0.05) is 13.1 Å². The van der Waals surface area contributed by atoms with Crippen molar-refractivity contribution < 1.29 is 18.7 Å². The lowest BCUT2D eigenvalue weighted by Gasteiger charge is -2.35. The molecule has 2 N–H and O–H groups in total. The van der Waals surface area contributed by atoms with Crippen molar-refractivity contribution in [1.29, 1.82) is 0 Å². The van der Waals surface area contributed by atoms with E-state index in [0.29, 0.717) is 12.5 Å². The number of carbonyl (C=O) groups excluding carboxylic acids is 1. The molecular formula is C14H18F2N2O2. The standard InChI is InChI=1S/C14H18F2N2O2/c1-18(12-4-2-3-5-13(12)19)14(20)17-11-7-6-9(15)8-10(11)16/h6-8,12-13,19H,2-5H2,1H3,(H,17,20). The highest BCUT2D eigenvalue weighted by molar-refractivity contribution is 5.89. The second kappa shape index (κ2) is 6.17. The second-order valence-corrected chi connectivity index (χ2v) is 5.08.